The van der Waals surface area contributed by atoms with Crippen molar-refractivity contribution >= 4 is 0 Å². The average molecular weight is 273 g/mol. The van der Waals surface area contributed by atoms with E-state index in [1.54, 1.807) is 0 Å². The third-order valence-electron chi connectivity index (χ3n) is 4.07. The van der Waals surface area contributed by atoms with E-state index in [2.05, 4.69) is 16.2 Å². The van der Waals surface area contributed by atoms with Crippen LogP contribution < -0.4 is 10.5 Å². The minimum absolute atomic E-state index is 0.512. The molecular weight excluding hydrogens is 254 g/mol. The predicted octanol–water partition coefficient (Wildman–Crippen LogP) is 2.65. The van der Waals surface area contributed by atoms with Gasteiger partial charge in [0.05, 0.1) is 12.1 Å². The molecule has 1 aromatic heterocycles. The smallest absolute Gasteiger partial charge is 0.258 e. The molecule has 106 valence electrons. The van der Waals surface area contributed by atoms with Crippen LogP contribution in [0.15, 0.2) is 22.7 Å². The summed E-state index contributed by atoms with van der Waals surface area (Å²) >= 11 is 0. The highest BCUT2D eigenvalue weighted by Crippen LogP contribution is 2.31. The molecule has 0 aliphatic carbocycles. The van der Waals surface area contributed by atoms with Crippen LogP contribution in [0, 0.1) is 0 Å². The Hall–Kier alpha value is -1.88. The molecular formula is C15H19N3O2. The van der Waals surface area contributed by atoms with Gasteiger partial charge in [-0.1, -0.05) is 19.0 Å². The Morgan fingerprint density at radius 2 is 2.10 bits per heavy atom. The molecule has 0 spiro atoms. The fraction of sp³-hybridized carbons (Fsp3) is 0.467. The first-order valence-electron chi connectivity index (χ1n) is 7.05. The lowest BCUT2D eigenvalue weighted by molar-refractivity contribution is 0.350. The first-order valence-corrected chi connectivity index (χ1v) is 7.05. The van der Waals surface area contributed by atoms with Gasteiger partial charge in [0.1, 0.15) is 5.75 Å². The van der Waals surface area contributed by atoms with Crippen molar-refractivity contribution in [2.75, 3.05) is 6.61 Å². The third-order valence-corrected chi connectivity index (χ3v) is 4.07. The Morgan fingerprint density at radius 3 is 2.85 bits per heavy atom. The van der Waals surface area contributed by atoms with Crippen LogP contribution in [0.1, 0.15) is 38.1 Å². The number of rotatable bonds is 4. The molecule has 0 saturated carbocycles. The summed E-state index contributed by atoms with van der Waals surface area (Å²) in [6.45, 7) is 4.81. The second-order valence-corrected chi connectivity index (χ2v) is 5.21. The van der Waals surface area contributed by atoms with Crippen LogP contribution in [0.4, 0.5) is 0 Å². The number of aromatic nitrogens is 2. The van der Waals surface area contributed by atoms with Crippen LogP contribution in [-0.4, -0.2) is 16.7 Å². The lowest BCUT2D eigenvalue weighted by Crippen LogP contribution is -2.36. The summed E-state index contributed by atoms with van der Waals surface area (Å²) in [5.41, 5.74) is 7.89. The molecule has 1 aliphatic rings. The van der Waals surface area contributed by atoms with Gasteiger partial charge >= 0.3 is 0 Å². The zero-order chi connectivity index (χ0) is 14.2. The predicted molar refractivity (Wildman–Crippen MR) is 75.4 cm³/mol. The molecule has 0 amide bonds. The molecule has 0 saturated heterocycles. The van der Waals surface area contributed by atoms with E-state index in [9.17, 15) is 0 Å². The van der Waals surface area contributed by atoms with Gasteiger partial charge in [0.25, 0.3) is 5.89 Å². The van der Waals surface area contributed by atoms with Crippen LogP contribution in [-0.2, 0) is 12.0 Å². The number of nitrogens with two attached hydrogens (primary N) is 1. The zero-order valence-corrected chi connectivity index (χ0v) is 11.8. The van der Waals surface area contributed by atoms with Crippen molar-refractivity contribution in [1.29, 1.82) is 0 Å². The third kappa shape index (κ3) is 2.08. The summed E-state index contributed by atoms with van der Waals surface area (Å²) in [6.07, 6.45) is 2.48. The summed E-state index contributed by atoms with van der Waals surface area (Å²) in [7, 11) is 0. The minimum Gasteiger partial charge on any atom is -0.493 e. The van der Waals surface area contributed by atoms with Gasteiger partial charge in [-0.25, -0.2) is 0 Å². The van der Waals surface area contributed by atoms with Crippen molar-refractivity contribution in [3.63, 3.8) is 0 Å². The zero-order valence-electron chi connectivity index (χ0n) is 11.8. The largest absolute Gasteiger partial charge is 0.493 e. The van der Waals surface area contributed by atoms with Gasteiger partial charge in [-0.05, 0) is 36.6 Å². The molecule has 0 unspecified atom stereocenters. The van der Waals surface area contributed by atoms with Crippen LogP contribution >= 0.6 is 0 Å². The van der Waals surface area contributed by atoms with E-state index in [0.717, 1.165) is 37.2 Å². The van der Waals surface area contributed by atoms with E-state index >= 15 is 0 Å². The van der Waals surface area contributed by atoms with Gasteiger partial charge < -0.3 is 15.0 Å². The fourth-order valence-electron chi connectivity index (χ4n) is 2.43. The van der Waals surface area contributed by atoms with Crippen molar-refractivity contribution in [1.82, 2.24) is 10.1 Å². The molecule has 1 aliphatic heterocycles. The second kappa shape index (κ2) is 4.90. The highest BCUT2D eigenvalue weighted by atomic mass is 16.5. The fourth-order valence-corrected chi connectivity index (χ4v) is 2.43. The average Bonchev–Trinajstić information content (AvgIpc) is 3.14. The van der Waals surface area contributed by atoms with Crippen molar-refractivity contribution in [2.24, 2.45) is 5.73 Å². The molecule has 5 nitrogen and oxygen atoms in total. The molecule has 0 atom stereocenters. The van der Waals surface area contributed by atoms with E-state index < -0.39 is 5.54 Å². The molecule has 2 N–H and O–H groups in total. The van der Waals surface area contributed by atoms with E-state index in [1.807, 2.05) is 26.0 Å². The van der Waals surface area contributed by atoms with E-state index in [0.29, 0.717) is 11.7 Å². The van der Waals surface area contributed by atoms with Gasteiger partial charge in [-0.15, -0.1) is 0 Å². The van der Waals surface area contributed by atoms with E-state index in [-0.39, 0.29) is 0 Å². The summed E-state index contributed by atoms with van der Waals surface area (Å²) in [5.74, 6) is 2.05. The standard InChI is InChI=1S/C15H19N3O2/c1-3-15(16,4-2)14-17-13(20-18-14)11-5-6-12-10(9-11)7-8-19-12/h5-6,9H,3-4,7-8,16H2,1-2H3. The van der Waals surface area contributed by atoms with Crippen molar-refractivity contribution in [3.8, 4) is 17.2 Å². The molecule has 0 fully saturated rings. The minimum atomic E-state index is -0.512. The number of nitrogens with zero attached hydrogens (tertiary/aromatic N) is 2. The Bertz CT molecular complexity index is 617. The first-order chi connectivity index (χ1) is 9.66. The Morgan fingerprint density at radius 1 is 1.30 bits per heavy atom. The summed E-state index contributed by atoms with van der Waals surface area (Å²) in [5, 5.41) is 4.06. The topological polar surface area (TPSA) is 74.2 Å². The molecule has 2 aromatic rings. The lowest BCUT2D eigenvalue weighted by Gasteiger charge is -2.21. The Kier molecular flexibility index (Phi) is 3.22. The Balaban J connectivity index is 1.94. The van der Waals surface area contributed by atoms with E-state index in [4.69, 9.17) is 15.0 Å². The maximum atomic E-state index is 6.29. The Labute approximate surface area is 118 Å². The van der Waals surface area contributed by atoms with Gasteiger partial charge in [-0.3, -0.25) is 0 Å². The van der Waals surface area contributed by atoms with Gasteiger partial charge in [0, 0.05) is 12.0 Å². The van der Waals surface area contributed by atoms with E-state index in [1.165, 1.54) is 5.56 Å². The maximum Gasteiger partial charge on any atom is 0.258 e. The number of hydrogen-bond acceptors (Lipinski definition) is 5. The number of ether oxygens (including phenoxy) is 1. The van der Waals surface area contributed by atoms with Crippen molar-refractivity contribution in [3.05, 3.63) is 29.6 Å². The molecule has 20 heavy (non-hydrogen) atoms. The normalized spacial score (nSPS) is 14.2. The molecule has 2 heterocycles. The summed E-state index contributed by atoms with van der Waals surface area (Å²) in [4.78, 5) is 4.48. The maximum absolute atomic E-state index is 6.29. The van der Waals surface area contributed by atoms with Crippen molar-refractivity contribution < 1.29 is 9.26 Å². The van der Waals surface area contributed by atoms with Gasteiger partial charge in [0.15, 0.2) is 5.82 Å². The van der Waals surface area contributed by atoms with Gasteiger partial charge in [-0.2, -0.15) is 4.98 Å². The highest BCUT2D eigenvalue weighted by Gasteiger charge is 2.29. The molecule has 1 aromatic carbocycles. The molecule has 3 rings (SSSR count). The first kappa shape index (κ1) is 13.1. The monoisotopic (exact) mass is 273 g/mol. The lowest BCUT2D eigenvalue weighted by atomic mass is 9.93. The summed E-state index contributed by atoms with van der Waals surface area (Å²) < 4.78 is 10.9. The van der Waals surface area contributed by atoms with Crippen LogP contribution in [0.3, 0.4) is 0 Å². The summed E-state index contributed by atoms with van der Waals surface area (Å²) in [6, 6.07) is 5.95. The highest BCUT2D eigenvalue weighted by molar-refractivity contribution is 5.58. The van der Waals surface area contributed by atoms with Crippen molar-refractivity contribution in [2.45, 2.75) is 38.6 Å². The second-order valence-electron chi connectivity index (χ2n) is 5.21. The van der Waals surface area contributed by atoms with Crippen LogP contribution in [0.5, 0.6) is 5.75 Å². The quantitative estimate of drug-likeness (QED) is 0.927. The van der Waals surface area contributed by atoms with Crippen LogP contribution in [0.2, 0.25) is 0 Å². The molecule has 0 bridgehead atoms. The number of fused-ring (bicyclic) bond motifs is 1. The SMILES string of the molecule is CCC(N)(CC)c1noc(-c2ccc3c(c2)CCO3)n1. The number of benzene rings is 1. The van der Waals surface area contributed by atoms with Crippen LogP contribution in [0.25, 0.3) is 11.5 Å². The van der Waals surface area contributed by atoms with Gasteiger partial charge in [0.2, 0.25) is 0 Å². The molecule has 5 heteroatoms. The number of hydrogen-bond donors (Lipinski definition) is 1. The molecule has 0 radical (unpaired) electrons.